The molecule has 0 radical (unpaired) electrons. The Balaban J connectivity index is 6.48. The standard InChI is InChI=1S/C65H124O4S4/c1-5-9-13-17-21-25-29-33-37-41-45-49-57(61(66)70)53-65(54-58(62(67)71)50-46-42-38-34-30-26-22-18-14-10-6-2,55-59(63(68)72)51-47-43-39-35-31-27-23-19-15-11-7-3)56-60(64(69)73)52-48-44-40-36-32-28-24-20-16-12-8-4/h57-60H,5-56H2,1-4H3,(H,66,70)(H,67,71)(H,68,72)(H,69,73). The molecule has 0 aliphatic heterocycles. The van der Waals surface area contributed by atoms with Crippen molar-refractivity contribution in [3.05, 3.63) is 0 Å². The van der Waals surface area contributed by atoms with Gasteiger partial charge in [0.05, 0.1) is 0 Å². The number of carbonyl (C=O) groups excluding carboxylic acids is 4. The molecule has 4 nitrogen and oxygen atoms in total. The molecule has 0 bridgehead atoms. The normalized spacial score (nSPS) is 14.2. The van der Waals surface area contributed by atoms with Crippen LogP contribution in [0.15, 0.2) is 0 Å². The topological polar surface area (TPSA) is 68.3 Å². The fraction of sp³-hybridized carbons (Fsp3) is 0.938. The molecule has 73 heavy (non-hydrogen) atoms. The highest BCUT2D eigenvalue weighted by molar-refractivity contribution is 7.97. The summed E-state index contributed by atoms with van der Waals surface area (Å²) in [5, 5.41) is -0.412. The van der Waals surface area contributed by atoms with Crippen LogP contribution in [0.4, 0.5) is 0 Å². The quantitative estimate of drug-likeness (QED) is 0.0362. The minimum Gasteiger partial charge on any atom is -0.287 e. The molecule has 432 valence electrons. The van der Waals surface area contributed by atoms with E-state index in [-0.39, 0.29) is 44.1 Å². The van der Waals surface area contributed by atoms with Crippen molar-refractivity contribution in [1.82, 2.24) is 0 Å². The number of rotatable bonds is 60. The molecule has 0 heterocycles. The Labute approximate surface area is 477 Å². The lowest BCUT2D eigenvalue weighted by molar-refractivity contribution is -0.119. The highest BCUT2D eigenvalue weighted by Crippen LogP contribution is 2.49. The molecule has 0 N–H and O–H groups in total. The van der Waals surface area contributed by atoms with Gasteiger partial charge in [-0.2, -0.15) is 0 Å². The molecule has 4 unspecified atom stereocenters. The largest absolute Gasteiger partial charge is 0.287 e. The van der Waals surface area contributed by atoms with Gasteiger partial charge in [-0.05, 0) is 56.8 Å². The molecule has 8 heteroatoms. The smallest absolute Gasteiger partial charge is 0.189 e. The van der Waals surface area contributed by atoms with Crippen LogP contribution in [0.3, 0.4) is 0 Å². The zero-order valence-electron chi connectivity index (χ0n) is 49.0. The first-order valence-electron chi connectivity index (χ1n) is 32.4. The summed E-state index contributed by atoms with van der Waals surface area (Å²) in [6.45, 7) is 9.08. The second kappa shape index (κ2) is 54.1. The second-order valence-corrected chi connectivity index (χ2v) is 25.5. The molecule has 0 saturated carbocycles. The van der Waals surface area contributed by atoms with Crippen molar-refractivity contribution in [2.24, 2.45) is 29.1 Å². The van der Waals surface area contributed by atoms with E-state index in [0.29, 0.717) is 25.7 Å². The molecule has 4 atom stereocenters. The van der Waals surface area contributed by atoms with E-state index in [1.54, 1.807) is 0 Å². The molecule has 0 saturated heterocycles. The molecule has 0 rings (SSSR count). The van der Waals surface area contributed by atoms with Crippen LogP contribution < -0.4 is 0 Å². The molecule has 0 fully saturated rings. The second-order valence-electron chi connectivity index (χ2n) is 23.8. The first kappa shape index (κ1) is 73.1. The van der Waals surface area contributed by atoms with Gasteiger partial charge in [0.2, 0.25) is 0 Å². The number of hydrogen-bond donors (Lipinski definition) is 4. The Morgan fingerprint density at radius 2 is 0.356 bits per heavy atom. The van der Waals surface area contributed by atoms with E-state index in [4.69, 9.17) is 0 Å². The van der Waals surface area contributed by atoms with Crippen molar-refractivity contribution in [2.75, 3.05) is 0 Å². The molecule has 0 aromatic heterocycles. The number of hydrogen-bond acceptors (Lipinski definition) is 4. The molecule has 0 aliphatic carbocycles. The predicted molar refractivity (Wildman–Crippen MR) is 335 cm³/mol. The molecule has 0 amide bonds. The van der Waals surface area contributed by atoms with Crippen molar-refractivity contribution in [2.45, 2.75) is 362 Å². The first-order chi connectivity index (χ1) is 35.5. The molecular weight excluding hydrogens is 973 g/mol. The third-order valence-corrected chi connectivity index (χ3v) is 18.2. The van der Waals surface area contributed by atoms with Gasteiger partial charge >= 0.3 is 0 Å². The van der Waals surface area contributed by atoms with Crippen molar-refractivity contribution in [3.63, 3.8) is 0 Å². The molecule has 0 aromatic carbocycles. The zero-order chi connectivity index (χ0) is 53.9. The van der Waals surface area contributed by atoms with E-state index in [1.165, 1.54) is 231 Å². The molecular formula is C65H124O4S4. The molecule has 0 spiro atoms. The van der Waals surface area contributed by atoms with E-state index < -0.39 is 5.41 Å². The lowest BCUT2D eigenvalue weighted by Gasteiger charge is -2.42. The molecule has 0 aliphatic rings. The van der Waals surface area contributed by atoms with Gasteiger partial charge in [-0.1, -0.05) is 310 Å². The van der Waals surface area contributed by atoms with Crippen LogP contribution in [0.2, 0.25) is 0 Å². The SMILES string of the molecule is CCCCCCCCCCCCCC(CC(CC(CCCCCCCCCCCCC)C(=O)S)(CC(CCCCCCCCCCCCC)C(=O)S)CC(CCCCCCCCCCCCC)C(=O)S)C(=O)S. The average molecular weight is 1100 g/mol. The third-order valence-electron chi connectivity index (χ3n) is 16.7. The summed E-state index contributed by atoms with van der Waals surface area (Å²) in [5.41, 5.74) is -0.608. The Kier molecular flexibility index (Phi) is 54.1. The molecule has 0 aromatic rings. The van der Waals surface area contributed by atoms with E-state index in [1.807, 2.05) is 0 Å². The lowest BCUT2D eigenvalue weighted by atomic mass is 9.63. The van der Waals surface area contributed by atoms with E-state index >= 15 is 0 Å². The van der Waals surface area contributed by atoms with Crippen LogP contribution in [0.1, 0.15) is 362 Å². The summed E-state index contributed by atoms with van der Waals surface area (Å²) in [6, 6.07) is 0. The van der Waals surface area contributed by atoms with Gasteiger partial charge in [0.25, 0.3) is 0 Å². The van der Waals surface area contributed by atoms with Crippen molar-refractivity contribution < 1.29 is 19.2 Å². The minimum atomic E-state index is -0.608. The summed E-state index contributed by atoms with van der Waals surface area (Å²) in [4.78, 5) is 55.1. The number of carbonyl (C=O) groups is 4. The summed E-state index contributed by atoms with van der Waals surface area (Å²) in [6.07, 6.45) is 59.9. The maximum Gasteiger partial charge on any atom is 0.189 e. The highest BCUT2D eigenvalue weighted by atomic mass is 32.1. The van der Waals surface area contributed by atoms with Gasteiger partial charge in [-0.3, -0.25) is 19.2 Å². The Hall–Kier alpha value is 0.0800. The lowest BCUT2D eigenvalue weighted by Crippen LogP contribution is -2.37. The summed E-state index contributed by atoms with van der Waals surface area (Å²) >= 11 is 18.4. The summed E-state index contributed by atoms with van der Waals surface area (Å²) < 4.78 is 0. The Bertz CT molecular complexity index is 1070. The van der Waals surface area contributed by atoms with Crippen LogP contribution in [0, 0.1) is 29.1 Å². The van der Waals surface area contributed by atoms with Gasteiger partial charge in [-0.25, -0.2) is 0 Å². The van der Waals surface area contributed by atoms with Gasteiger partial charge in [0.1, 0.15) is 0 Å². The van der Waals surface area contributed by atoms with Crippen molar-refractivity contribution >= 4 is 71.0 Å². The average Bonchev–Trinajstić information content (AvgIpc) is 3.36. The van der Waals surface area contributed by atoms with E-state index in [9.17, 15) is 19.2 Å². The van der Waals surface area contributed by atoms with E-state index in [2.05, 4.69) is 78.2 Å². The van der Waals surface area contributed by atoms with Gasteiger partial charge in [0, 0.05) is 23.7 Å². The summed E-state index contributed by atoms with van der Waals surface area (Å²) in [7, 11) is 0. The predicted octanol–water partition coefficient (Wildman–Crippen LogP) is 22.6. The summed E-state index contributed by atoms with van der Waals surface area (Å²) in [5.74, 6) is -1.24. The Morgan fingerprint density at radius 1 is 0.233 bits per heavy atom. The van der Waals surface area contributed by atoms with Gasteiger partial charge in [0.15, 0.2) is 20.5 Å². The first-order valence-corrected chi connectivity index (χ1v) is 34.2. The maximum absolute atomic E-state index is 13.8. The van der Waals surface area contributed by atoms with Crippen LogP contribution >= 0.6 is 50.5 Å². The fourth-order valence-electron chi connectivity index (χ4n) is 12.1. The van der Waals surface area contributed by atoms with Crippen LogP contribution in [0.5, 0.6) is 0 Å². The highest BCUT2D eigenvalue weighted by Gasteiger charge is 2.43. The van der Waals surface area contributed by atoms with Crippen molar-refractivity contribution in [3.8, 4) is 0 Å². The third kappa shape index (κ3) is 45.6. The minimum absolute atomic E-state index is 0.103. The number of unbranched alkanes of at least 4 members (excludes halogenated alkanes) is 40. The van der Waals surface area contributed by atoms with Crippen LogP contribution in [0.25, 0.3) is 0 Å². The zero-order valence-corrected chi connectivity index (χ0v) is 52.6. The van der Waals surface area contributed by atoms with Crippen molar-refractivity contribution in [1.29, 1.82) is 0 Å². The van der Waals surface area contributed by atoms with Crippen LogP contribution in [-0.2, 0) is 19.2 Å². The van der Waals surface area contributed by atoms with Gasteiger partial charge in [-0.15, -0.1) is 50.5 Å². The van der Waals surface area contributed by atoms with Gasteiger partial charge < -0.3 is 0 Å². The fourth-order valence-corrected chi connectivity index (χ4v) is 12.9. The van der Waals surface area contributed by atoms with E-state index in [0.717, 1.165) is 77.0 Å². The van der Waals surface area contributed by atoms with Crippen LogP contribution in [-0.4, -0.2) is 20.5 Å². The number of thiol groups is 4. The Morgan fingerprint density at radius 3 is 0.479 bits per heavy atom. The maximum atomic E-state index is 13.8. The monoisotopic (exact) mass is 1100 g/mol.